The van der Waals surface area contributed by atoms with Gasteiger partial charge in [-0.1, -0.05) is 19.4 Å². The lowest BCUT2D eigenvalue weighted by molar-refractivity contribution is 0.243. The maximum atomic E-state index is 11.8. The molecule has 1 aromatic heterocycles. The molecule has 3 N–H and O–H groups in total. The van der Waals surface area contributed by atoms with E-state index in [-0.39, 0.29) is 11.6 Å². The molecule has 0 radical (unpaired) electrons. The third kappa shape index (κ3) is 4.48. The van der Waals surface area contributed by atoms with E-state index in [2.05, 4.69) is 39.7 Å². The van der Waals surface area contributed by atoms with Crippen LogP contribution in [0.15, 0.2) is 18.2 Å². The quantitative estimate of drug-likeness (QED) is 0.800. The number of carbonyl (C=O) groups excluding carboxylic acids is 1. The number of aromatic nitrogens is 2. The number of nitrogens with one attached hydrogen (secondary N) is 3. The summed E-state index contributed by atoms with van der Waals surface area (Å²) in [6.07, 6.45) is 3.43. The van der Waals surface area contributed by atoms with Crippen LogP contribution in [-0.4, -0.2) is 21.5 Å². The van der Waals surface area contributed by atoms with Crippen molar-refractivity contribution in [3.63, 3.8) is 0 Å². The Bertz CT molecular complexity index is 625. The van der Waals surface area contributed by atoms with Gasteiger partial charge < -0.3 is 10.3 Å². The molecule has 0 fully saturated rings. The standard InChI is InChI=1S/C16H24N4O/c1-5-6-7-11-8-9-12-13(10-11)18-14(17-12)19-15(21)20-16(2,3)4/h8-10H,5-7H2,1-4H3,(H3,17,18,19,20,21). The van der Waals surface area contributed by atoms with Crippen molar-refractivity contribution in [2.45, 2.75) is 52.5 Å². The SMILES string of the molecule is CCCCc1ccc2nc(NC(=O)NC(C)(C)C)[nH]c2c1. The van der Waals surface area contributed by atoms with Crippen LogP contribution < -0.4 is 10.6 Å². The van der Waals surface area contributed by atoms with E-state index in [0.717, 1.165) is 17.5 Å². The summed E-state index contributed by atoms with van der Waals surface area (Å²) in [6.45, 7) is 7.99. The molecule has 0 saturated heterocycles. The van der Waals surface area contributed by atoms with Crippen molar-refractivity contribution < 1.29 is 4.79 Å². The molecule has 0 aliphatic rings. The molecule has 1 heterocycles. The van der Waals surface area contributed by atoms with Crippen molar-refractivity contribution in [3.8, 4) is 0 Å². The molecule has 2 aromatic rings. The number of H-pyrrole nitrogens is 1. The topological polar surface area (TPSA) is 69.8 Å². The zero-order chi connectivity index (χ0) is 15.5. The minimum absolute atomic E-state index is 0.257. The minimum atomic E-state index is -0.274. The van der Waals surface area contributed by atoms with Crippen LogP contribution in [0.3, 0.4) is 0 Å². The van der Waals surface area contributed by atoms with Crippen molar-refractivity contribution in [2.24, 2.45) is 0 Å². The molecule has 114 valence electrons. The van der Waals surface area contributed by atoms with Gasteiger partial charge in [0.25, 0.3) is 0 Å². The number of hydrogen-bond acceptors (Lipinski definition) is 2. The maximum absolute atomic E-state index is 11.8. The first-order chi connectivity index (χ1) is 9.87. The number of imidazole rings is 1. The van der Waals surface area contributed by atoms with E-state index in [9.17, 15) is 4.79 Å². The Kier molecular flexibility index (Phi) is 4.50. The number of anilines is 1. The molecule has 0 aliphatic heterocycles. The molecular formula is C16H24N4O. The number of amides is 2. The van der Waals surface area contributed by atoms with Crippen LogP contribution in [-0.2, 0) is 6.42 Å². The molecule has 2 amide bonds. The van der Waals surface area contributed by atoms with Crippen molar-refractivity contribution in [3.05, 3.63) is 23.8 Å². The number of benzene rings is 1. The third-order valence-corrected chi connectivity index (χ3v) is 3.09. The lowest BCUT2D eigenvalue weighted by Gasteiger charge is -2.20. The summed E-state index contributed by atoms with van der Waals surface area (Å²) < 4.78 is 0. The van der Waals surface area contributed by atoms with Crippen molar-refractivity contribution in [1.82, 2.24) is 15.3 Å². The predicted octanol–water partition coefficient (Wildman–Crippen LogP) is 3.83. The van der Waals surface area contributed by atoms with Gasteiger partial charge in [0.2, 0.25) is 5.95 Å². The van der Waals surface area contributed by atoms with Gasteiger partial charge in [0.15, 0.2) is 0 Å². The van der Waals surface area contributed by atoms with Gasteiger partial charge in [-0.15, -0.1) is 0 Å². The normalized spacial score (nSPS) is 11.6. The van der Waals surface area contributed by atoms with Crippen molar-refractivity contribution >= 4 is 23.0 Å². The van der Waals surface area contributed by atoms with Crippen molar-refractivity contribution in [1.29, 1.82) is 0 Å². The number of carbonyl (C=O) groups is 1. The first-order valence-corrected chi connectivity index (χ1v) is 7.45. The molecule has 0 spiro atoms. The Balaban J connectivity index is 2.10. The highest BCUT2D eigenvalue weighted by Crippen LogP contribution is 2.17. The van der Waals surface area contributed by atoms with E-state index in [4.69, 9.17) is 0 Å². The van der Waals surface area contributed by atoms with Gasteiger partial charge >= 0.3 is 6.03 Å². The van der Waals surface area contributed by atoms with Crippen LogP contribution in [0.4, 0.5) is 10.7 Å². The second-order valence-electron chi connectivity index (χ2n) is 6.37. The molecule has 5 nitrogen and oxygen atoms in total. The highest BCUT2D eigenvalue weighted by atomic mass is 16.2. The van der Waals surface area contributed by atoms with Gasteiger partial charge in [0.05, 0.1) is 11.0 Å². The number of urea groups is 1. The average molecular weight is 288 g/mol. The Morgan fingerprint density at radius 3 is 2.76 bits per heavy atom. The summed E-state index contributed by atoms with van der Waals surface area (Å²) >= 11 is 0. The van der Waals surface area contributed by atoms with Gasteiger partial charge in [-0.25, -0.2) is 9.78 Å². The van der Waals surface area contributed by atoms with E-state index in [1.165, 1.54) is 18.4 Å². The predicted molar refractivity (Wildman–Crippen MR) is 86.6 cm³/mol. The van der Waals surface area contributed by atoms with E-state index in [0.29, 0.717) is 5.95 Å². The lowest BCUT2D eigenvalue weighted by Crippen LogP contribution is -2.43. The second kappa shape index (κ2) is 6.16. The largest absolute Gasteiger partial charge is 0.333 e. The van der Waals surface area contributed by atoms with Gasteiger partial charge in [-0.3, -0.25) is 5.32 Å². The monoisotopic (exact) mass is 288 g/mol. The van der Waals surface area contributed by atoms with Crippen LogP contribution in [0, 0.1) is 0 Å². The maximum Gasteiger partial charge on any atom is 0.321 e. The number of rotatable bonds is 4. The van der Waals surface area contributed by atoms with Gasteiger partial charge in [0.1, 0.15) is 0 Å². The summed E-state index contributed by atoms with van der Waals surface area (Å²) in [6, 6.07) is 5.93. The molecule has 0 saturated carbocycles. The smallest absolute Gasteiger partial charge is 0.321 e. The fraction of sp³-hybridized carbons (Fsp3) is 0.500. The summed E-state index contributed by atoms with van der Waals surface area (Å²) in [5.74, 6) is 0.472. The number of hydrogen-bond donors (Lipinski definition) is 3. The zero-order valence-corrected chi connectivity index (χ0v) is 13.2. The molecule has 21 heavy (non-hydrogen) atoms. The van der Waals surface area contributed by atoms with E-state index >= 15 is 0 Å². The fourth-order valence-corrected chi connectivity index (χ4v) is 2.13. The highest BCUT2D eigenvalue weighted by Gasteiger charge is 2.14. The summed E-state index contributed by atoms with van der Waals surface area (Å²) in [7, 11) is 0. The Morgan fingerprint density at radius 1 is 1.33 bits per heavy atom. The summed E-state index contributed by atoms with van der Waals surface area (Å²) in [5.41, 5.74) is 2.83. The van der Waals surface area contributed by atoms with E-state index < -0.39 is 0 Å². The number of aryl methyl sites for hydroxylation is 1. The molecular weight excluding hydrogens is 264 g/mol. The zero-order valence-electron chi connectivity index (χ0n) is 13.2. The minimum Gasteiger partial charge on any atom is -0.333 e. The number of unbranched alkanes of at least 4 members (excludes halogenated alkanes) is 1. The highest BCUT2D eigenvalue weighted by molar-refractivity contribution is 5.90. The molecule has 2 rings (SSSR count). The average Bonchev–Trinajstić information content (AvgIpc) is 2.74. The van der Waals surface area contributed by atoms with E-state index in [1.807, 2.05) is 26.8 Å². The number of nitrogens with zero attached hydrogens (tertiary/aromatic N) is 1. The fourth-order valence-electron chi connectivity index (χ4n) is 2.13. The molecule has 0 aliphatic carbocycles. The molecule has 5 heteroatoms. The Labute approximate surface area is 125 Å². The molecule has 1 aromatic carbocycles. The third-order valence-electron chi connectivity index (χ3n) is 3.09. The van der Waals surface area contributed by atoms with Crippen LogP contribution >= 0.6 is 0 Å². The molecule has 0 atom stereocenters. The van der Waals surface area contributed by atoms with Crippen LogP contribution in [0.2, 0.25) is 0 Å². The first-order valence-electron chi connectivity index (χ1n) is 7.45. The molecule has 0 bridgehead atoms. The summed E-state index contributed by atoms with van der Waals surface area (Å²) in [4.78, 5) is 19.4. The van der Waals surface area contributed by atoms with E-state index in [1.54, 1.807) is 0 Å². The van der Waals surface area contributed by atoms with Crippen LogP contribution in [0.5, 0.6) is 0 Å². The first kappa shape index (κ1) is 15.4. The Hall–Kier alpha value is -2.04. The van der Waals surface area contributed by atoms with Gasteiger partial charge in [-0.05, 0) is 51.3 Å². The Morgan fingerprint density at radius 2 is 2.10 bits per heavy atom. The van der Waals surface area contributed by atoms with Crippen LogP contribution in [0.25, 0.3) is 11.0 Å². The number of fused-ring (bicyclic) bond motifs is 1. The van der Waals surface area contributed by atoms with Gasteiger partial charge in [0, 0.05) is 5.54 Å². The number of aromatic amines is 1. The molecule has 0 unspecified atom stereocenters. The van der Waals surface area contributed by atoms with Crippen molar-refractivity contribution in [2.75, 3.05) is 5.32 Å². The lowest BCUT2D eigenvalue weighted by atomic mass is 10.1. The van der Waals surface area contributed by atoms with Crippen LogP contribution in [0.1, 0.15) is 46.1 Å². The second-order valence-corrected chi connectivity index (χ2v) is 6.37. The summed E-state index contributed by atoms with van der Waals surface area (Å²) in [5, 5.41) is 5.58. The van der Waals surface area contributed by atoms with Gasteiger partial charge in [-0.2, -0.15) is 0 Å².